The molecule has 5 nitrogen and oxygen atoms in total. The fraction of sp³-hybridized carbons (Fsp3) is 0.111. The number of carbonyl (C=O) groups excluding carboxylic acids is 1. The number of phenols is 1. The molecule has 6 heteroatoms. The Bertz CT molecular complexity index is 860. The number of ether oxygens (including phenoxy) is 1. The second-order valence-electron chi connectivity index (χ2n) is 5.25. The van der Waals surface area contributed by atoms with E-state index in [9.17, 15) is 9.90 Å². The van der Waals surface area contributed by atoms with E-state index in [1.165, 1.54) is 12.1 Å². The number of amides is 1. The fourth-order valence-corrected chi connectivity index (χ4v) is 2.89. The van der Waals surface area contributed by atoms with Crippen LogP contribution in [0.1, 0.15) is 12.5 Å². The number of carbonyl (C=O) groups is 1. The minimum absolute atomic E-state index is 0.0219. The van der Waals surface area contributed by atoms with Crippen LogP contribution in [0.15, 0.2) is 57.6 Å². The van der Waals surface area contributed by atoms with Crippen LogP contribution >= 0.6 is 15.9 Å². The van der Waals surface area contributed by atoms with Crippen molar-refractivity contribution in [3.63, 3.8) is 0 Å². The molecule has 0 fully saturated rings. The highest BCUT2D eigenvalue weighted by molar-refractivity contribution is 9.10. The summed E-state index contributed by atoms with van der Waals surface area (Å²) in [5.41, 5.74) is 2.57. The molecular formula is C18H15BrN2O3. The maximum absolute atomic E-state index is 12.7. The predicted octanol–water partition coefficient (Wildman–Crippen LogP) is 3.97. The van der Waals surface area contributed by atoms with Gasteiger partial charge in [0.1, 0.15) is 0 Å². The molecular weight excluding hydrogens is 372 g/mol. The summed E-state index contributed by atoms with van der Waals surface area (Å²) in [6.07, 6.45) is 1.73. The fourth-order valence-electron chi connectivity index (χ4n) is 2.43. The number of halogens is 1. The second kappa shape index (κ2) is 6.49. The molecule has 24 heavy (non-hydrogen) atoms. The van der Waals surface area contributed by atoms with Gasteiger partial charge in [0.05, 0.1) is 28.6 Å². The van der Waals surface area contributed by atoms with Crippen LogP contribution in [0, 0.1) is 0 Å². The molecule has 0 aliphatic carbocycles. The lowest BCUT2D eigenvalue weighted by Crippen LogP contribution is -2.21. The molecule has 0 unspecified atom stereocenters. The number of aromatic hydroxyl groups is 1. The Kier molecular flexibility index (Phi) is 4.40. The number of hydrogen-bond donors (Lipinski definition) is 1. The Labute approximate surface area is 148 Å². The average molecular weight is 387 g/mol. The Morgan fingerprint density at radius 1 is 1.25 bits per heavy atom. The number of methoxy groups -OCH3 is 1. The topological polar surface area (TPSA) is 62.1 Å². The third kappa shape index (κ3) is 2.92. The maximum atomic E-state index is 12.7. The summed E-state index contributed by atoms with van der Waals surface area (Å²) in [5.74, 6) is 0.159. The van der Waals surface area contributed by atoms with E-state index >= 15 is 0 Å². The molecule has 122 valence electrons. The first-order valence-electron chi connectivity index (χ1n) is 7.24. The van der Waals surface area contributed by atoms with Gasteiger partial charge in [-0.15, -0.1) is 0 Å². The lowest BCUT2D eigenvalue weighted by Gasteiger charge is -2.11. The van der Waals surface area contributed by atoms with Crippen molar-refractivity contribution in [1.29, 1.82) is 0 Å². The molecule has 0 atom stereocenters. The van der Waals surface area contributed by atoms with Gasteiger partial charge in [-0.05, 0) is 58.8 Å². The van der Waals surface area contributed by atoms with Crippen molar-refractivity contribution in [2.75, 3.05) is 12.1 Å². The van der Waals surface area contributed by atoms with Crippen molar-refractivity contribution in [2.45, 2.75) is 6.92 Å². The van der Waals surface area contributed by atoms with Gasteiger partial charge in [0.15, 0.2) is 11.5 Å². The van der Waals surface area contributed by atoms with Gasteiger partial charge in [0, 0.05) is 0 Å². The van der Waals surface area contributed by atoms with Crippen LogP contribution in [0.5, 0.6) is 11.5 Å². The number of anilines is 1. The van der Waals surface area contributed by atoms with E-state index in [-0.39, 0.29) is 11.7 Å². The van der Waals surface area contributed by atoms with Crippen LogP contribution in [-0.4, -0.2) is 23.8 Å². The molecule has 2 aromatic rings. The smallest absolute Gasteiger partial charge is 0.280 e. The molecule has 3 rings (SSSR count). The molecule has 0 spiro atoms. The lowest BCUT2D eigenvalue weighted by molar-refractivity contribution is -0.114. The molecule has 0 saturated carbocycles. The van der Waals surface area contributed by atoms with E-state index < -0.39 is 0 Å². The maximum Gasteiger partial charge on any atom is 0.280 e. The summed E-state index contributed by atoms with van der Waals surface area (Å²) in [4.78, 5) is 12.7. The summed E-state index contributed by atoms with van der Waals surface area (Å²) >= 11 is 3.28. The van der Waals surface area contributed by atoms with Crippen molar-refractivity contribution in [3.8, 4) is 11.5 Å². The van der Waals surface area contributed by atoms with E-state index in [2.05, 4.69) is 21.0 Å². The first-order chi connectivity index (χ1) is 11.5. The third-order valence-electron chi connectivity index (χ3n) is 3.65. The highest BCUT2D eigenvalue weighted by Crippen LogP contribution is 2.36. The van der Waals surface area contributed by atoms with Gasteiger partial charge in [-0.2, -0.15) is 10.1 Å². The lowest BCUT2D eigenvalue weighted by atomic mass is 10.1. The number of nitrogens with zero attached hydrogens (tertiary/aromatic N) is 2. The molecule has 0 radical (unpaired) electrons. The number of rotatable bonds is 3. The Hall–Kier alpha value is -2.60. The van der Waals surface area contributed by atoms with E-state index in [1.54, 1.807) is 25.1 Å². The minimum atomic E-state index is -0.193. The first-order valence-corrected chi connectivity index (χ1v) is 8.04. The molecule has 0 bridgehead atoms. The van der Waals surface area contributed by atoms with Gasteiger partial charge >= 0.3 is 0 Å². The average Bonchev–Trinajstić information content (AvgIpc) is 2.87. The zero-order valence-electron chi connectivity index (χ0n) is 13.2. The van der Waals surface area contributed by atoms with Gasteiger partial charge in [0.25, 0.3) is 5.91 Å². The van der Waals surface area contributed by atoms with Crippen molar-refractivity contribution in [2.24, 2.45) is 5.10 Å². The number of phenolic OH excluding ortho intramolecular Hbond substituents is 1. The van der Waals surface area contributed by atoms with Crippen LogP contribution < -0.4 is 9.75 Å². The summed E-state index contributed by atoms with van der Waals surface area (Å²) in [6, 6.07) is 12.6. The number of hydrogen-bond acceptors (Lipinski definition) is 4. The van der Waals surface area contributed by atoms with Crippen LogP contribution in [-0.2, 0) is 4.79 Å². The highest BCUT2D eigenvalue weighted by atomic mass is 79.9. The van der Waals surface area contributed by atoms with E-state index in [0.717, 1.165) is 11.3 Å². The van der Waals surface area contributed by atoms with E-state index in [1.807, 2.05) is 30.3 Å². The highest BCUT2D eigenvalue weighted by Gasteiger charge is 2.28. The quantitative estimate of drug-likeness (QED) is 0.811. The van der Waals surface area contributed by atoms with Crippen molar-refractivity contribution in [3.05, 3.63) is 58.1 Å². The summed E-state index contributed by atoms with van der Waals surface area (Å²) in [5, 5.41) is 15.6. The van der Waals surface area contributed by atoms with Crippen molar-refractivity contribution < 1.29 is 14.6 Å². The van der Waals surface area contributed by atoms with Crippen LogP contribution in [0.25, 0.3) is 6.08 Å². The number of benzene rings is 2. The number of hydrazone groups is 1. The zero-order chi connectivity index (χ0) is 17.3. The van der Waals surface area contributed by atoms with Gasteiger partial charge in [-0.3, -0.25) is 4.79 Å². The van der Waals surface area contributed by atoms with Crippen LogP contribution in [0.3, 0.4) is 0 Å². The molecule has 1 aliphatic heterocycles. The van der Waals surface area contributed by atoms with Crippen molar-refractivity contribution in [1.82, 2.24) is 0 Å². The third-order valence-corrected chi connectivity index (χ3v) is 4.25. The van der Waals surface area contributed by atoms with Gasteiger partial charge < -0.3 is 9.84 Å². The van der Waals surface area contributed by atoms with Crippen molar-refractivity contribution >= 4 is 39.3 Å². The van der Waals surface area contributed by atoms with Crippen LogP contribution in [0.4, 0.5) is 5.69 Å². The number of para-hydroxylation sites is 1. The zero-order valence-corrected chi connectivity index (χ0v) is 14.7. The minimum Gasteiger partial charge on any atom is -0.503 e. The van der Waals surface area contributed by atoms with Gasteiger partial charge in [0.2, 0.25) is 0 Å². The SMILES string of the molecule is COc1cc(/C=C2\C(=O)N(c3ccccc3)N=C2C)cc(Br)c1O. The summed E-state index contributed by atoms with van der Waals surface area (Å²) in [7, 11) is 1.48. The van der Waals surface area contributed by atoms with Crippen LogP contribution in [0.2, 0.25) is 0 Å². The molecule has 0 aromatic heterocycles. The molecule has 1 aliphatic rings. The van der Waals surface area contributed by atoms with E-state index in [0.29, 0.717) is 21.5 Å². The summed E-state index contributed by atoms with van der Waals surface area (Å²) in [6.45, 7) is 1.79. The monoisotopic (exact) mass is 386 g/mol. The van der Waals surface area contributed by atoms with Gasteiger partial charge in [-0.25, -0.2) is 0 Å². The molecule has 1 amide bonds. The Morgan fingerprint density at radius 2 is 1.96 bits per heavy atom. The normalized spacial score (nSPS) is 15.8. The van der Waals surface area contributed by atoms with E-state index in [4.69, 9.17) is 4.74 Å². The van der Waals surface area contributed by atoms with Gasteiger partial charge in [-0.1, -0.05) is 18.2 Å². The Morgan fingerprint density at radius 3 is 2.62 bits per heavy atom. The molecule has 1 N–H and O–H groups in total. The largest absolute Gasteiger partial charge is 0.503 e. The molecule has 1 heterocycles. The Balaban J connectivity index is 1.99. The first kappa shape index (κ1) is 16.3. The standard InChI is InChI=1S/C18H15BrN2O3/c1-11-14(8-12-9-15(19)17(22)16(10-12)24-2)18(23)21(20-11)13-6-4-3-5-7-13/h3-10,22H,1-2H3/b14-8-. The molecule has 0 saturated heterocycles. The molecule has 2 aromatic carbocycles. The predicted molar refractivity (Wildman–Crippen MR) is 97.4 cm³/mol. The second-order valence-corrected chi connectivity index (χ2v) is 6.10. The summed E-state index contributed by atoms with van der Waals surface area (Å²) < 4.78 is 5.63.